The van der Waals surface area contributed by atoms with Crippen molar-refractivity contribution in [2.75, 3.05) is 37.6 Å². The molecule has 1 aliphatic rings. The third-order valence-electron chi connectivity index (χ3n) is 4.59. The van der Waals surface area contributed by atoms with Gasteiger partial charge in [0.15, 0.2) is 0 Å². The molecule has 136 valence electrons. The number of carbonyl (C=O) groups is 1. The second-order valence-electron chi connectivity index (χ2n) is 6.41. The van der Waals surface area contributed by atoms with E-state index < -0.39 is 0 Å². The smallest absolute Gasteiger partial charge is 0.251 e. The fraction of sp³-hybridized carbons (Fsp3) is 0.286. The van der Waals surface area contributed by atoms with Gasteiger partial charge in [0.2, 0.25) is 0 Å². The first-order valence-electron chi connectivity index (χ1n) is 8.87. The maximum absolute atomic E-state index is 13.9. The highest BCUT2D eigenvalue weighted by molar-refractivity contribution is 5.94. The summed E-state index contributed by atoms with van der Waals surface area (Å²) in [4.78, 5) is 16.3. The number of nitrogens with zero attached hydrogens (tertiary/aromatic N) is 2. The molecule has 0 bridgehead atoms. The van der Waals surface area contributed by atoms with E-state index in [1.807, 2.05) is 36.4 Å². The number of halogens is 1. The topological polar surface area (TPSA) is 35.6 Å². The molecule has 26 heavy (non-hydrogen) atoms. The van der Waals surface area contributed by atoms with Gasteiger partial charge in [0.25, 0.3) is 5.91 Å². The number of para-hydroxylation sites is 1. The van der Waals surface area contributed by atoms with E-state index in [1.165, 1.54) is 11.6 Å². The number of nitrogens with one attached hydrogen (secondary N) is 1. The van der Waals surface area contributed by atoms with Crippen molar-refractivity contribution in [2.45, 2.75) is 6.54 Å². The molecule has 0 atom stereocenters. The lowest BCUT2D eigenvalue weighted by Crippen LogP contribution is -2.46. The molecule has 2 aromatic carbocycles. The van der Waals surface area contributed by atoms with Gasteiger partial charge in [0, 0.05) is 44.8 Å². The van der Waals surface area contributed by atoms with Gasteiger partial charge in [-0.3, -0.25) is 9.69 Å². The Balaban J connectivity index is 1.52. The summed E-state index contributed by atoms with van der Waals surface area (Å²) in [5.41, 5.74) is 2.51. The highest BCUT2D eigenvalue weighted by Crippen LogP contribution is 2.20. The van der Waals surface area contributed by atoms with Crippen LogP contribution in [-0.4, -0.2) is 43.5 Å². The van der Waals surface area contributed by atoms with Gasteiger partial charge in [-0.1, -0.05) is 30.3 Å². The van der Waals surface area contributed by atoms with E-state index in [0.717, 1.165) is 32.7 Å². The largest absolute Gasteiger partial charge is 0.367 e. The molecule has 0 spiro atoms. The first-order chi connectivity index (χ1) is 12.7. The van der Waals surface area contributed by atoms with Crippen molar-refractivity contribution in [1.29, 1.82) is 0 Å². The predicted octanol–water partition coefficient (Wildman–Crippen LogP) is 3.06. The van der Waals surface area contributed by atoms with E-state index in [0.29, 0.717) is 17.8 Å². The van der Waals surface area contributed by atoms with Crippen LogP contribution in [0.4, 0.5) is 10.1 Å². The molecular weight excluding hydrogens is 329 g/mol. The van der Waals surface area contributed by atoms with Crippen LogP contribution >= 0.6 is 0 Å². The van der Waals surface area contributed by atoms with Crippen LogP contribution in [0.15, 0.2) is 61.2 Å². The summed E-state index contributed by atoms with van der Waals surface area (Å²) in [5.74, 6) is -0.249. The van der Waals surface area contributed by atoms with Crippen LogP contribution in [0.2, 0.25) is 0 Å². The lowest BCUT2D eigenvalue weighted by molar-refractivity contribution is 0.0958. The number of rotatable bonds is 6. The molecule has 1 fully saturated rings. The average molecular weight is 353 g/mol. The summed E-state index contributed by atoms with van der Waals surface area (Å²) < 4.78 is 13.9. The maximum atomic E-state index is 13.9. The van der Waals surface area contributed by atoms with Crippen LogP contribution in [0, 0.1) is 5.82 Å². The fourth-order valence-electron chi connectivity index (χ4n) is 3.14. The highest BCUT2D eigenvalue weighted by Gasteiger charge is 2.19. The van der Waals surface area contributed by atoms with Gasteiger partial charge < -0.3 is 10.2 Å². The summed E-state index contributed by atoms with van der Waals surface area (Å²) in [6.07, 6.45) is 1.66. The van der Waals surface area contributed by atoms with Gasteiger partial charge in [-0.15, -0.1) is 6.58 Å². The molecule has 0 aliphatic carbocycles. The van der Waals surface area contributed by atoms with Crippen molar-refractivity contribution < 1.29 is 9.18 Å². The number of carbonyl (C=O) groups excluding carboxylic acids is 1. The normalized spacial score (nSPS) is 14.9. The minimum absolute atomic E-state index is 0.0880. The van der Waals surface area contributed by atoms with Crippen molar-refractivity contribution in [1.82, 2.24) is 10.2 Å². The summed E-state index contributed by atoms with van der Waals surface area (Å²) in [6.45, 7) is 8.28. The molecular formula is C21H24FN3O. The molecule has 0 unspecified atom stereocenters. The zero-order chi connectivity index (χ0) is 18.4. The highest BCUT2D eigenvalue weighted by atomic mass is 19.1. The van der Waals surface area contributed by atoms with Crippen molar-refractivity contribution in [3.8, 4) is 0 Å². The Morgan fingerprint density at radius 1 is 1.08 bits per heavy atom. The number of benzene rings is 2. The Morgan fingerprint density at radius 3 is 2.42 bits per heavy atom. The Labute approximate surface area is 153 Å². The van der Waals surface area contributed by atoms with Gasteiger partial charge >= 0.3 is 0 Å². The third-order valence-corrected chi connectivity index (χ3v) is 4.59. The van der Waals surface area contributed by atoms with E-state index in [2.05, 4.69) is 21.7 Å². The summed E-state index contributed by atoms with van der Waals surface area (Å²) >= 11 is 0. The Hall–Kier alpha value is -2.66. The zero-order valence-corrected chi connectivity index (χ0v) is 14.8. The van der Waals surface area contributed by atoms with Crippen LogP contribution in [0.1, 0.15) is 15.9 Å². The minimum atomic E-state index is -0.161. The standard InChI is InChI=1S/C21H24FN3O/c1-2-11-23-21(26)18-9-7-17(8-10-18)16-24-12-14-25(15-13-24)20-6-4-3-5-19(20)22/h2-10H,1,11-16H2,(H,23,26). The van der Waals surface area contributed by atoms with E-state index in [1.54, 1.807) is 12.1 Å². The van der Waals surface area contributed by atoms with Gasteiger partial charge in [-0.2, -0.15) is 0 Å². The van der Waals surface area contributed by atoms with Gasteiger partial charge in [-0.05, 0) is 29.8 Å². The molecule has 1 amide bonds. The van der Waals surface area contributed by atoms with Crippen molar-refractivity contribution in [2.24, 2.45) is 0 Å². The summed E-state index contributed by atoms with van der Waals surface area (Å²) in [5, 5.41) is 2.77. The number of piperazine rings is 1. The molecule has 1 aliphatic heterocycles. The maximum Gasteiger partial charge on any atom is 0.251 e. The number of hydrogen-bond acceptors (Lipinski definition) is 3. The monoisotopic (exact) mass is 353 g/mol. The molecule has 4 nitrogen and oxygen atoms in total. The number of anilines is 1. The second kappa shape index (κ2) is 8.63. The molecule has 0 saturated carbocycles. The van der Waals surface area contributed by atoms with E-state index in [4.69, 9.17) is 0 Å². The molecule has 1 N–H and O–H groups in total. The zero-order valence-electron chi connectivity index (χ0n) is 14.8. The lowest BCUT2D eigenvalue weighted by Gasteiger charge is -2.36. The van der Waals surface area contributed by atoms with Crippen LogP contribution in [0.3, 0.4) is 0 Å². The van der Waals surface area contributed by atoms with Crippen LogP contribution in [0.25, 0.3) is 0 Å². The summed E-state index contributed by atoms with van der Waals surface area (Å²) in [6, 6.07) is 14.6. The quantitative estimate of drug-likeness (QED) is 0.811. The molecule has 3 rings (SSSR count). The summed E-state index contributed by atoms with van der Waals surface area (Å²) in [7, 11) is 0. The minimum Gasteiger partial charge on any atom is -0.367 e. The van der Waals surface area contributed by atoms with Crippen LogP contribution in [-0.2, 0) is 6.54 Å². The first kappa shape index (κ1) is 18.1. The van der Waals surface area contributed by atoms with Gasteiger partial charge in [0.1, 0.15) is 5.82 Å². The van der Waals surface area contributed by atoms with Gasteiger partial charge in [0.05, 0.1) is 5.69 Å². The predicted molar refractivity (Wildman–Crippen MR) is 103 cm³/mol. The Kier molecular flexibility index (Phi) is 6.02. The molecule has 5 heteroatoms. The van der Waals surface area contributed by atoms with Crippen LogP contribution < -0.4 is 10.2 Å². The van der Waals surface area contributed by atoms with Gasteiger partial charge in [-0.25, -0.2) is 4.39 Å². The second-order valence-corrected chi connectivity index (χ2v) is 6.41. The van der Waals surface area contributed by atoms with Crippen molar-refractivity contribution in [3.63, 3.8) is 0 Å². The van der Waals surface area contributed by atoms with Crippen molar-refractivity contribution in [3.05, 3.63) is 78.1 Å². The van der Waals surface area contributed by atoms with E-state index in [9.17, 15) is 9.18 Å². The number of hydrogen-bond donors (Lipinski definition) is 1. The average Bonchev–Trinajstić information content (AvgIpc) is 2.68. The molecule has 1 heterocycles. The van der Waals surface area contributed by atoms with Crippen LogP contribution in [0.5, 0.6) is 0 Å². The molecule has 0 radical (unpaired) electrons. The van der Waals surface area contributed by atoms with Crippen molar-refractivity contribution >= 4 is 11.6 Å². The Bertz CT molecular complexity index is 752. The molecule has 0 aromatic heterocycles. The number of amides is 1. The molecule has 1 saturated heterocycles. The fourth-order valence-corrected chi connectivity index (χ4v) is 3.14. The third kappa shape index (κ3) is 4.49. The SMILES string of the molecule is C=CCNC(=O)c1ccc(CN2CCN(c3ccccc3F)CC2)cc1. The van der Waals surface area contributed by atoms with E-state index >= 15 is 0 Å². The first-order valence-corrected chi connectivity index (χ1v) is 8.87. The lowest BCUT2D eigenvalue weighted by atomic mass is 10.1. The Morgan fingerprint density at radius 2 is 1.77 bits per heavy atom. The van der Waals surface area contributed by atoms with E-state index in [-0.39, 0.29) is 11.7 Å². The molecule has 2 aromatic rings.